The summed E-state index contributed by atoms with van der Waals surface area (Å²) in [6.07, 6.45) is -0.0135. The standard InChI is InChI=1S/C15H12Cl2N4O3S/c1-24-13(23)5-4-12(22)18-14-19-15-21(20-14)11(7-25-15)9-6-8(16)2-3-10(9)17/h2-3,6-7H,4-5H2,1H3,(H,18,20,22). The van der Waals surface area contributed by atoms with E-state index in [1.54, 1.807) is 22.7 Å². The van der Waals surface area contributed by atoms with Crippen molar-refractivity contribution in [3.8, 4) is 11.3 Å². The summed E-state index contributed by atoms with van der Waals surface area (Å²) in [6.45, 7) is 0. The molecule has 3 aromatic rings. The SMILES string of the molecule is COC(=O)CCC(=O)Nc1nc2scc(-c3cc(Cl)ccc3Cl)n2n1. The molecular weight excluding hydrogens is 387 g/mol. The number of thiazole rings is 1. The van der Waals surface area contributed by atoms with E-state index in [0.717, 1.165) is 5.69 Å². The van der Waals surface area contributed by atoms with Gasteiger partial charge in [-0.3, -0.25) is 14.9 Å². The van der Waals surface area contributed by atoms with E-state index in [9.17, 15) is 9.59 Å². The highest BCUT2D eigenvalue weighted by Crippen LogP contribution is 2.33. The fourth-order valence-corrected chi connectivity index (χ4v) is 3.33. The number of anilines is 1. The number of esters is 1. The van der Waals surface area contributed by atoms with Crippen molar-refractivity contribution in [2.45, 2.75) is 12.8 Å². The number of hydrogen-bond acceptors (Lipinski definition) is 6. The van der Waals surface area contributed by atoms with Gasteiger partial charge in [0, 0.05) is 22.4 Å². The van der Waals surface area contributed by atoms with Crippen LogP contribution in [-0.4, -0.2) is 33.6 Å². The highest BCUT2D eigenvalue weighted by Gasteiger charge is 2.16. The maximum atomic E-state index is 11.8. The van der Waals surface area contributed by atoms with Gasteiger partial charge in [0.15, 0.2) is 0 Å². The van der Waals surface area contributed by atoms with Crippen molar-refractivity contribution < 1.29 is 14.3 Å². The van der Waals surface area contributed by atoms with Gasteiger partial charge in [0.2, 0.25) is 16.8 Å². The quantitative estimate of drug-likeness (QED) is 0.662. The first-order valence-corrected chi connectivity index (χ1v) is 8.78. The number of benzene rings is 1. The van der Waals surface area contributed by atoms with Crippen molar-refractivity contribution >= 4 is 57.3 Å². The Labute approximate surface area is 156 Å². The van der Waals surface area contributed by atoms with E-state index in [1.165, 1.54) is 18.4 Å². The number of carbonyl (C=O) groups excluding carboxylic acids is 2. The zero-order valence-corrected chi connectivity index (χ0v) is 15.3. The summed E-state index contributed by atoms with van der Waals surface area (Å²) in [6, 6.07) is 5.14. The van der Waals surface area contributed by atoms with Gasteiger partial charge in [-0.15, -0.1) is 16.4 Å². The van der Waals surface area contributed by atoms with Gasteiger partial charge < -0.3 is 4.74 Å². The van der Waals surface area contributed by atoms with Crippen LogP contribution in [0.4, 0.5) is 5.95 Å². The number of hydrogen-bond donors (Lipinski definition) is 1. The molecule has 0 atom stereocenters. The number of amides is 1. The topological polar surface area (TPSA) is 85.6 Å². The molecule has 0 radical (unpaired) electrons. The van der Waals surface area contributed by atoms with Crippen LogP contribution in [0.5, 0.6) is 0 Å². The summed E-state index contributed by atoms with van der Waals surface area (Å²) in [7, 11) is 1.27. The molecule has 0 bridgehead atoms. The molecule has 25 heavy (non-hydrogen) atoms. The zero-order valence-electron chi connectivity index (χ0n) is 13.0. The molecule has 130 valence electrons. The van der Waals surface area contributed by atoms with Crippen LogP contribution >= 0.6 is 34.5 Å². The van der Waals surface area contributed by atoms with E-state index in [0.29, 0.717) is 20.6 Å². The average Bonchev–Trinajstić information content (AvgIpc) is 3.15. The first-order chi connectivity index (χ1) is 12.0. The Bertz CT molecular complexity index is 954. The largest absolute Gasteiger partial charge is 0.469 e. The van der Waals surface area contributed by atoms with E-state index in [-0.39, 0.29) is 24.7 Å². The molecule has 0 saturated heterocycles. The fourth-order valence-electron chi connectivity index (χ4n) is 2.12. The van der Waals surface area contributed by atoms with Crippen LogP contribution in [0.25, 0.3) is 16.2 Å². The summed E-state index contributed by atoms with van der Waals surface area (Å²) in [5, 5.41) is 9.77. The monoisotopic (exact) mass is 398 g/mol. The first kappa shape index (κ1) is 17.7. The minimum atomic E-state index is -0.452. The predicted octanol–water partition coefficient (Wildman–Crippen LogP) is 3.66. The molecule has 0 aliphatic heterocycles. The third-order valence-electron chi connectivity index (χ3n) is 3.32. The van der Waals surface area contributed by atoms with Gasteiger partial charge >= 0.3 is 5.97 Å². The van der Waals surface area contributed by atoms with Crippen molar-refractivity contribution in [1.29, 1.82) is 0 Å². The van der Waals surface area contributed by atoms with E-state index < -0.39 is 5.97 Å². The summed E-state index contributed by atoms with van der Waals surface area (Å²) in [5.74, 6) is -0.668. The second-order valence-electron chi connectivity index (χ2n) is 5.00. The van der Waals surface area contributed by atoms with E-state index in [1.807, 2.05) is 5.38 Å². The summed E-state index contributed by atoms with van der Waals surface area (Å²) < 4.78 is 6.08. The van der Waals surface area contributed by atoms with Gasteiger partial charge in [-0.05, 0) is 18.2 Å². The molecular formula is C15H12Cl2N4O3S. The fraction of sp³-hybridized carbons (Fsp3) is 0.200. The minimum Gasteiger partial charge on any atom is -0.469 e. The van der Waals surface area contributed by atoms with Gasteiger partial charge in [-0.1, -0.05) is 23.2 Å². The lowest BCUT2D eigenvalue weighted by molar-refractivity contribution is -0.141. The Morgan fingerprint density at radius 3 is 2.88 bits per heavy atom. The Morgan fingerprint density at radius 1 is 1.32 bits per heavy atom. The molecule has 0 unspecified atom stereocenters. The molecule has 7 nitrogen and oxygen atoms in total. The Morgan fingerprint density at radius 2 is 2.12 bits per heavy atom. The van der Waals surface area contributed by atoms with Crippen molar-refractivity contribution in [2.75, 3.05) is 12.4 Å². The maximum Gasteiger partial charge on any atom is 0.306 e. The molecule has 10 heteroatoms. The molecule has 3 rings (SSSR count). The smallest absolute Gasteiger partial charge is 0.306 e. The molecule has 1 amide bonds. The molecule has 0 aliphatic carbocycles. The van der Waals surface area contributed by atoms with Crippen molar-refractivity contribution in [1.82, 2.24) is 14.6 Å². The van der Waals surface area contributed by atoms with Gasteiger partial charge in [0.25, 0.3) is 0 Å². The van der Waals surface area contributed by atoms with Gasteiger partial charge in [0.05, 0.1) is 24.2 Å². The number of ether oxygens (including phenoxy) is 1. The Balaban J connectivity index is 1.82. The summed E-state index contributed by atoms with van der Waals surface area (Å²) in [4.78, 5) is 27.7. The summed E-state index contributed by atoms with van der Waals surface area (Å²) in [5.41, 5.74) is 1.43. The normalized spacial score (nSPS) is 10.8. The van der Waals surface area contributed by atoms with Crippen molar-refractivity contribution in [3.05, 3.63) is 33.6 Å². The van der Waals surface area contributed by atoms with Crippen LogP contribution in [0, 0.1) is 0 Å². The van der Waals surface area contributed by atoms with Crippen LogP contribution in [-0.2, 0) is 14.3 Å². The number of nitrogens with one attached hydrogen (secondary N) is 1. The molecule has 0 fully saturated rings. The second kappa shape index (κ2) is 7.38. The predicted molar refractivity (Wildman–Crippen MR) is 96.2 cm³/mol. The zero-order chi connectivity index (χ0) is 18.0. The molecule has 2 heterocycles. The lowest BCUT2D eigenvalue weighted by Crippen LogP contribution is -2.15. The molecule has 0 saturated carbocycles. The van der Waals surface area contributed by atoms with Crippen LogP contribution in [0.3, 0.4) is 0 Å². The maximum absolute atomic E-state index is 11.8. The number of rotatable bonds is 5. The summed E-state index contributed by atoms with van der Waals surface area (Å²) >= 11 is 13.6. The van der Waals surface area contributed by atoms with Crippen LogP contribution in [0.1, 0.15) is 12.8 Å². The first-order valence-electron chi connectivity index (χ1n) is 7.14. The van der Waals surface area contributed by atoms with E-state index in [2.05, 4.69) is 20.1 Å². The van der Waals surface area contributed by atoms with Gasteiger partial charge in [0.1, 0.15) is 0 Å². The lowest BCUT2D eigenvalue weighted by Gasteiger charge is -2.03. The molecule has 1 aromatic carbocycles. The Hall–Kier alpha value is -2.16. The highest BCUT2D eigenvalue weighted by atomic mass is 35.5. The number of nitrogens with zero attached hydrogens (tertiary/aromatic N) is 3. The Kier molecular flexibility index (Phi) is 5.22. The van der Waals surface area contributed by atoms with E-state index in [4.69, 9.17) is 23.2 Å². The van der Waals surface area contributed by atoms with Crippen LogP contribution in [0.2, 0.25) is 10.0 Å². The number of halogens is 2. The number of methoxy groups -OCH3 is 1. The van der Waals surface area contributed by atoms with E-state index >= 15 is 0 Å². The van der Waals surface area contributed by atoms with Crippen LogP contribution in [0.15, 0.2) is 23.6 Å². The van der Waals surface area contributed by atoms with Crippen LogP contribution < -0.4 is 5.32 Å². The molecule has 0 aliphatic rings. The second-order valence-corrected chi connectivity index (χ2v) is 6.68. The minimum absolute atomic E-state index is 0.00603. The van der Waals surface area contributed by atoms with Crippen molar-refractivity contribution in [3.63, 3.8) is 0 Å². The van der Waals surface area contributed by atoms with Gasteiger partial charge in [-0.25, -0.2) is 4.52 Å². The molecule has 2 aromatic heterocycles. The molecule has 1 N–H and O–H groups in total. The average molecular weight is 399 g/mol. The third kappa shape index (κ3) is 3.92. The van der Waals surface area contributed by atoms with Crippen molar-refractivity contribution in [2.24, 2.45) is 0 Å². The number of carbonyl (C=O) groups is 2. The highest BCUT2D eigenvalue weighted by molar-refractivity contribution is 7.15. The third-order valence-corrected chi connectivity index (χ3v) is 4.70. The van der Waals surface area contributed by atoms with Gasteiger partial charge in [-0.2, -0.15) is 4.98 Å². The number of aromatic nitrogens is 3. The number of fused-ring (bicyclic) bond motifs is 1. The molecule has 0 spiro atoms. The lowest BCUT2D eigenvalue weighted by atomic mass is 10.2.